The maximum Gasteiger partial charge on any atom is 0.316 e. The highest BCUT2D eigenvalue weighted by molar-refractivity contribution is 6.31. The van der Waals surface area contributed by atoms with E-state index in [9.17, 15) is 4.79 Å². The van der Waals surface area contributed by atoms with Gasteiger partial charge in [-0.25, -0.2) is 4.68 Å². The molecular formula is C18H13ClN6O3. The lowest BCUT2D eigenvalue weighted by atomic mass is 10.3. The van der Waals surface area contributed by atoms with Gasteiger partial charge >= 0.3 is 11.8 Å². The Morgan fingerprint density at radius 3 is 2.82 bits per heavy atom. The lowest BCUT2D eigenvalue weighted by molar-refractivity contribution is 0.0981. The van der Waals surface area contributed by atoms with Crippen molar-refractivity contribution in [1.82, 2.24) is 25.1 Å². The molecule has 0 atom stereocenters. The third-order valence-corrected chi connectivity index (χ3v) is 4.01. The van der Waals surface area contributed by atoms with Crippen molar-refractivity contribution in [2.75, 3.05) is 12.4 Å². The van der Waals surface area contributed by atoms with Crippen molar-refractivity contribution in [3.05, 3.63) is 65.6 Å². The van der Waals surface area contributed by atoms with Crippen LogP contribution in [0.25, 0.3) is 17.2 Å². The third kappa shape index (κ3) is 3.55. The fraction of sp³-hybridized carbons (Fsp3) is 0.0556. The first-order valence-electron chi connectivity index (χ1n) is 8.11. The zero-order valence-electron chi connectivity index (χ0n) is 14.5. The van der Waals surface area contributed by atoms with Crippen molar-refractivity contribution < 1.29 is 14.1 Å². The van der Waals surface area contributed by atoms with Crippen LogP contribution in [-0.2, 0) is 0 Å². The number of nitrogens with zero attached hydrogens (tertiary/aromatic N) is 5. The zero-order valence-corrected chi connectivity index (χ0v) is 15.3. The number of halogens is 1. The molecule has 0 spiro atoms. The molecule has 1 amide bonds. The second-order valence-electron chi connectivity index (χ2n) is 5.61. The number of benzene rings is 2. The minimum absolute atomic E-state index is 0.144. The number of ether oxygens (including phenoxy) is 1. The zero-order chi connectivity index (χ0) is 19.5. The number of anilines is 1. The number of carbonyl (C=O) groups excluding carboxylic acids is 1. The summed E-state index contributed by atoms with van der Waals surface area (Å²) < 4.78 is 11.8. The van der Waals surface area contributed by atoms with Gasteiger partial charge in [-0.05, 0) is 30.3 Å². The highest BCUT2D eigenvalue weighted by atomic mass is 35.5. The Morgan fingerprint density at radius 1 is 1.21 bits per heavy atom. The fourth-order valence-corrected chi connectivity index (χ4v) is 2.62. The van der Waals surface area contributed by atoms with Gasteiger partial charge in [0, 0.05) is 5.02 Å². The predicted molar refractivity (Wildman–Crippen MR) is 101 cm³/mol. The van der Waals surface area contributed by atoms with Gasteiger partial charge in [0.25, 0.3) is 0 Å². The second-order valence-corrected chi connectivity index (χ2v) is 6.04. The molecule has 4 aromatic rings. The Bertz CT molecular complexity index is 1130. The molecule has 10 heteroatoms. The van der Waals surface area contributed by atoms with Gasteiger partial charge in [0.1, 0.15) is 5.75 Å². The number of hydrogen-bond donors (Lipinski definition) is 1. The van der Waals surface area contributed by atoms with E-state index in [1.54, 1.807) is 29.1 Å². The first kappa shape index (κ1) is 17.7. The number of methoxy groups -OCH3 is 1. The number of aromatic nitrogens is 5. The van der Waals surface area contributed by atoms with Crippen LogP contribution in [0.15, 0.2) is 59.3 Å². The van der Waals surface area contributed by atoms with E-state index in [1.807, 2.05) is 30.3 Å². The number of carbonyl (C=O) groups is 1. The van der Waals surface area contributed by atoms with Gasteiger partial charge in [0.15, 0.2) is 5.69 Å². The molecule has 0 saturated carbocycles. The number of hydrogen-bond acceptors (Lipinski definition) is 7. The van der Waals surface area contributed by atoms with E-state index >= 15 is 0 Å². The largest absolute Gasteiger partial charge is 0.495 e. The maximum atomic E-state index is 12.4. The van der Waals surface area contributed by atoms with E-state index < -0.39 is 5.91 Å². The lowest BCUT2D eigenvalue weighted by Crippen LogP contribution is -2.13. The van der Waals surface area contributed by atoms with E-state index in [1.165, 1.54) is 7.11 Å². The maximum absolute atomic E-state index is 12.4. The van der Waals surface area contributed by atoms with Gasteiger partial charge in [-0.2, -0.15) is 4.98 Å². The van der Waals surface area contributed by atoms with Crippen molar-refractivity contribution in [2.24, 2.45) is 0 Å². The summed E-state index contributed by atoms with van der Waals surface area (Å²) in [6, 6.07) is 14.3. The van der Waals surface area contributed by atoms with Crippen molar-refractivity contribution in [2.45, 2.75) is 0 Å². The van der Waals surface area contributed by atoms with Gasteiger partial charge in [0.2, 0.25) is 5.82 Å². The minimum atomic E-state index is -0.602. The minimum Gasteiger partial charge on any atom is -0.495 e. The van der Waals surface area contributed by atoms with Gasteiger partial charge in [0.05, 0.1) is 24.7 Å². The summed E-state index contributed by atoms with van der Waals surface area (Å²) in [5.74, 6) is -0.241. The van der Waals surface area contributed by atoms with Crippen molar-refractivity contribution >= 4 is 23.2 Å². The molecule has 0 aliphatic carbocycles. The summed E-state index contributed by atoms with van der Waals surface area (Å²) in [5.41, 5.74) is 1.58. The quantitative estimate of drug-likeness (QED) is 0.551. The Labute approximate surface area is 163 Å². The first-order chi connectivity index (χ1) is 13.6. The summed E-state index contributed by atoms with van der Waals surface area (Å²) in [4.78, 5) is 16.5. The lowest BCUT2D eigenvalue weighted by Gasteiger charge is -2.08. The van der Waals surface area contributed by atoms with E-state index in [0.29, 0.717) is 22.2 Å². The number of para-hydroxylation sites is 1. The average Bonchev–Trinajstić information content (AvgIpc) is 3.38. The average molecular weight is 397 g/mol. The summed E-state index contributed by atoms with van der Waals surface area (Å²) in [5, 5.41) is 14.9. The van der Waals surface area contributed by atoms with E-state index in [-0.39, 0.29) is 11.7 Å². The number of rotatable bonds is 5. The van der Waals surface area contributed by atoms with E-state index in [0.717, 1.165) is 5.69 Å². The molecular weight excluding hydrogens is 384 g/mol. The van der Waals surface area contributed by atoms with Crippen LogP contribution in [0, 0.1) is 0 Å². The molecule has 0 aliphatic rings. The number of nitrogens with one attached hydrogen (secondary N) is 1. The monoisotopic (exact) mass is 396 g/mol. The van der Waals surface area contributed by atoms with E-state index in [4.69, 9.17) is 20.9 Å². The Morgan fingerprint density at radius 2 is 2.04 bits per heavy atom. The first-order valence-corrected chi connectivity index (χ1v) is 8.48. The van der Waals surface area contributed by atoms with Crippen LogP contribution in [0.5, 0.6) is 5.75 Å². The molecule has 140 valence electrons. The molecule has 0 unspecified atom stereocenters. The predicted octanol–water partition coefficient (Wildman–Crippen LogP) is 3.23. The smallest absolute Gasteiger partial charge is 0.316 e. The highest BCUT2D eigenvalue weighted by Crippen LogP contribution is 2.28. The van der Waals surface area contributed by atoms with Crippen molar-refractivity contribution in [3.8, 4) is 23.0 Å². The van der Waals surface area contributed by atoms with Crippen LogP contribution in [0.4, 0.5) is 5.69 Å². The van der Waals surface area contributed by atoms with Gasteiger partial charge < -0.3 is 14.6 Å². The molecule has 1 N–H and O–H groups in total. The van der Waals surface area contributed by atoms with Crippen LogP contribution >= 0.6 is 11.6 Å². The Balaban J connectivity index is 1.54. The van der Waals surface area contributed by atoms with Crippen molar-refractivity contribution in [3.63, 3.8) is 0 Å². The molecule has 0 saturated heterocycles. The van der Waals surface area contributed by atoms with Crippen LogP contribution in [-0.4, -0.2) is 38.2 Å². The molecule has 2 aromatic heterocycles. The normalized spacial score (nSPS) is 10.6. The fourth-order valence-electron chi connectivity index (χ4n) is 2.45. The molecule has 9 nitrogen and oxygen atoms in total. The highest BCUT2D eigenvalue weighted by Gasteiger charge is 2.19. The number of amides is 1. The second kappa shape index (κ2) is 7.49. The SMILES string of the molecule is COc1ccc(Cl)cc1NC(=O)c1nc(-c2cn(-c3ccccc3)nn2)no1. The molecule has 0 fully saturated rings. The summed E-state index contributed by atoms with van der Waals surface area (Å²) in [7, 11) is 1.49. The molecule has 0 radical (unpaired) electrons. The standard InChI is InChI=1S/C18H13ClN6O3/c1-27-15-8-7-11(19)9-13(15)20-17(26)18-21-16(23-28-18)14-10-25(24-22-14)12-5-3-2-4-6-12/h2-10H,1H3,(H,20,26). The molecule has 0 aliphatic heterocycles. The van der Waals surface area contributed by atoms with Gasteiger partial charge in [-0.3, -0.25) is 4.79 Å². The van der Waals surface area contributed by atoms with E-state index in [2.05, 4.69) is 25.8 Å². The van der Waals surface area contributed by atoms with Gasteiger partial charge in [-0.1, -0.05) is 40.2 Å². The van der Waals surface area contributed by atoms with Crippen LogP contribution in [0.1, 0.15) is 10.7 Å². The molecule has 0 bridgehead atoms. The van der Waals surface area contributed by atoms with Gasteiger partial charge in [-0.15, -0.1) is 5.10 Å². The summed E-state index contributed by atoms with van der Waals surface area (Å²) in [6.45, 7) is 0. The third-order valence-electron chi connectivity index (χ3n) is 3.77. The molecule has 2 aromatic carbocycles. The Hall–Kier alpha value is -3.72. The molecule has 4 rings (SSSR count). The summed E-state index contributed by atoms with van der Waals surface area (Å²) >= 11 is 5.96. The van der Waals surface area contributed by atoms with Crippen LogP contribution < -0.4 is 10.1 Å². The van der Waals surface area contributed by atoms with Crippen LogP contribution in [0.2, 0.25) is 5.02 Å². The summed E-state index contributed by atoms with van der Waals surface area (Å²) in [6.07, 6.45) is 1.64. The molecule has 28 heavy (non-hydrogen) atoms. The topological polar surface area (TPSA) is 108 Å². The van der Waals surface area contributed by atoms with Crippen molar-refractivity contribution in [1.29, 1.82) is 0 Å². The molecule has 2 heterocycles. The van der Waals surface area contributed by atoms with Crippen LogP contribution in [0.3, 0.4) is 0 Å². The Kier molecular flexibility index (Phi) is 4.73.